The van der Waals surface area contributed by atoms with Gasteiger partial charge in [0, 0.05) is 12.5 Å². The highest BCUT2D eigenvalue weighted by Crippen LogP contribution is 2.47. The number of hydrogen-bond acceptors (Lipinski definition) is 5. The molecule has 0 aromatic heterocycles. The lowest BCUT2D eigenvalue weighted by Crippen LogP contribution is -2.57. The monoisotopic (exact) mass is 260 g/mol. The Balaban J connectivity index is 2.10. The van der Waals surface area contributed by atoms with Gasteiger partial charge in [0.25, 0.3) is 0 Å². The van der Waals surface area contributed by atoms with E-state index in [1.807, 2.05) is 13.8 Å². The second-order valence-corrected chi connectivity index (χ2v) is 6.26. The third kappa shape index (κ3) is 2.92. The van der Waals surface area contributed by atoms with Gasteiger partial charge in [0.1, 0.15) is 13.4 Å². The van der Waals surface area contributed by atoms with Crippen molar-refractivity contribution in [3.05, 3.63) is 0 Å². The predicted molar refractivity (Wildman–Crippen MR) is 59.5 cm³/mol. The molecule has 2 fully saturated rings. The molecule has 0 bridgehead atoms. The zero-order valence-corrected chi connectivity index (χ0v) is 10.8. The first kappa shape index (κ1) is 13.5. The van der Waals surface area contributed by atoms with Gasteiger partial charge >= 0.3 is 0 Å². The van der Waals surface area contributed by atoms with Gasteiger partial charge in [-0.3, -0.25) is 9.65 Å². The van der Waals surface area contributed by atoms with Gasteiger partial charge in [-0.25, -0.2) is 0 Å². The van der Waals surface area contributed by atoms with Crippen molar-refractivity contribution >= 4 is 15.6 Å². The molecule has 4 atom stereocenters. The SMILES string of the molecule is [B][C@H]1CC2OP(=O)([O-])NC[C@]2(COC(C)C)O1. The molecule has 0 spiro atoms. The van der Waals surface area contributed by atoms with Gasteiger partial charge in [-0.05, 0) is 20.3 Å². The fourth-order valence-electron chi connectivity index (χ4n) is 2.07. The molecule has 2 aliphatic rings. The van der Waals surface area contributed by atoms with Gasteiger partial charge in [-0.15, -0.1) is 0 Å². The molecule has 2 unspecified atom stereocenters. The Kier molecular flexibility index (Phi) is 3.70. The zero-order valence-electron chi connectivity index (χ0n) is 9.92. The lowest BCUT2D eigenvalue weighted by molar-refractivity contribution is -0.223. The van der Waals surface area contributed by atoms with Crippen molar-refractivity contribution < 1.29 is 23.5 Å². The van der Waals surface area contributed by atoms with Gasteiger partial charge in [-0.2, -0.15) is 0 Å². The minimum absolute atomic E-state index is 0.0337. The summed E-state index contributed by atoms with van der Waals surface area (Å²) in [5, 5.41) is 2.33. The highest BCUT2D eigenvalue weighted by molar-refractivity contribution is 7.49. The standard InChI is InChI=1S/C9H17BNO5P/c1-6(2)14-5-9-4-11-17(12,13)16-7(9)3-8(10)15-9/h6-8H,3-5H2,1-2H3,(H2,11,12,13)/p-1/t7?,8-,9-/m1/s1. The van der Waals surface area contributed by atoms with Crippen molar-refractivity contribution in [2.75, 3.05) is 13.2 Å². The van der Waals surface area contributed by atoms with Crippen LogP contribution in [0.25, 0.3) is 0 Å². The van der Waals surface area contributed by atoms with Crippen LogP contribution in [-0.2, 0) is 18.6 Å². The highest BCUT2D eigenvalue weighted by Gasteiger charge is 2.52. The van der Waals surface area contributed by atoms with E-state index in [0.717, 1.165) is 0 Å². The molecule has 2 aliphatic heterocycles. The van der Waals surface area contributed by atoms with E-state index in [1.165, 1.54) is 0 Å². The topological polar surface area (TPSA) is 79.9 Å². The minimum Gasteiger partial charge on any atom is -0.766 e. The van der Waals surface area contributed by atoms with Crippen molar-refractivity contribution in [1.29, 1.82) is 0 Å². The molecular formula is C9H16BNO5P-. The molecule has 0 saturated carbocycles. The highest BCUT2D eigenvalue weighted by atomic mass is 31.2. The summed E-state index contributed by atoms with van der Waals surface area (Å²) >= 11 is 0. The van der Waals surface area contributed by atoms with Gasteiger partial charge in [-0.1, -0.05) is 0 Å². The molecule has 8 heteroatoms. The van der Waals surface area contributed by atoms with Gasteiger partial charge in [0.05, 0.1) is 18.8 Å². The zero-order chi connectivity index (χ0) is 12.7. The number of hydrogen-bond donors (Lipinski definition) is 1. The maximum Gasteiger partial charge on any atom is 0.204 e. The maximum absolute atomic E-state index is 11.3. The first-order valence-corrected chi connectivity index (χ1v) is 7.17. The Morgan fingerprint density at radius 2 is 2.41 bits per heavy atom. The summed E-state index contributed by atoms with van der Waals surface area (Å²) < 4.78 is 27.5. The molecule has 6 nitrogen and oxygen atoms in total. The molecule has 1 N–H and O–H groups in total. The number of nitrogens with one attached hydrogen (secondary N) is 1. The summed E-state index contributed by atoms with van der Waals surface area (Å²) in [5.41, 5.74) is -0.804. The van der Waals surface area contributed by atoms with Crippen LogP contribution in [0.15, 0.2) is 0 Å². The van der Waals surface area contributed by atoms with Crippen LogP contribution in [0.4, 0.5) is 0 Å². The lowest BCUT2D eigenvalue weighted by Gasteiger charge is -2.43. The normalized spacial score (nSPS) is 46.1. The number of ether oxygens (including phenoxy) is 2. The van der Waals surface area contributed by atoms with E-state index in [1.54, 1.807) is 0 Å². The first-order chi connectivity index (χ1) is 7.83. The van der Waals surface area contributed by atoms with Gasteiger partial charge in [0.2, 0.25) is 7.75 Å². The Labute approximate surface area is 102 Å². The second-order valence-electron chi connectivity index (χ2n) is 4.74. The molecule has 96 valence electrons. The third-order valence-electron chi connectivity index (χ3n) is 2.92. The van der Waals surface area contributed by atoms with Crippen molar-refractivity contribution in [3.8, 4) is 0 Å². The maximum atomic E-state index is 11.3. The Bertz CT molecular complexity index is 341. The largest absolute Gasteiger partial charge is 0.766 e. The fraction of sp³-hybridized carbons (Fsp3) is 1.00. The summed E-state index contributed by atoms with van der Waals surface area (Å²) in [7, 11) is 1.73. The Hall–Kier alpha value is 0.0949. The lowest BCUT2D eigenvalue weighted by atomic mass is 9.92. The molecule has 2 saturated heterocycles. The van der Waals surface area contributed by atoms with Crippen LogP contribution < -0.4 is 9.98 Å². The average molecular weight is 260 g/mol. The number of fused-ring (bicyclic) bond motifs is 1. The van der Waals surface area contributed by atoms with E-state index in [0.29, 0.717) is 6.42 Å². The van der Waals surface area contributed by atoms with Crippen molar-refractivity contribution in [2.24, 2.45) is 0 Å². The fourth-order valence-corrected chi connectivity index (χ4v) is 3.22. The molecule has 0 aromatic carbocycles. The van der Waals surface area contributed by atoms with E-state index in [4.69, 9.17) is 21.8 Å². The summed E-state index contributed by atoms with van der Waals surface area (Å²) in [6.07, 6.45) is -0.178. The van der Waals surface area contributed by atoms with Crippen LogP contribution in [0.3, 0.4) is 0 Å². The molecule has 17 heavy (non-hydrogen) atoms. The molecule has 0 aromatic rings. The van der Waals surface area contributed by atoms with E-state index >= 15 is 0 Å². The number of rotatable bonds is 3. The molecule has 0 amide bonds. The average Bonchev–Trinajstić information content (AvgIpc) is 2.50. The summed E-state index contributed by atoms with van der Waals surface area (Å²) in [6, 6.07) is -0.518. The Morgan fingerprint density at radius 1 is 1.71 bits per heavy atom. The molecular weight excluding hydrogens is 244 g/mol. The van der Waals surface area contributed by atoms with Gasteiger partial charge in [0.15, 0.2) is 0 Å². The van der Waals surface area contributed by atoms with Crippen molar-refractivity contribution in [2.45, 2.75) is 44.1 Å². The van der Waals surface area contributed by atoms with Crippen LogP contribution in [0.2, 0.25) is 0 Å². The molecule has 0 aliphatic carbocycles. The molecule has 2 rings (SSSR count). The van der Waals surface area contributed by atoms with Crippen LogP contribution in [0.5, 0.6) is 0 Å². The second kappa shape index (κ2) is 4.65. The smallest absolute Gasteiger partial charge is 0.204 e. The van der Waals surface area contributed by atoms with Crippen LogP contribution >= 0.6 is 7.75 Å². The van der Waals surface area contributed by atoms with E-state index in [9.17, 15) is 9.46 Å². The molecule has 2 heterocycles. The van der Waals surface area contributed by atoms with Crippen molar-refractivity contribution in [3.63, 3.8) is 0 Å². The van der Waals surface area contributed by atoms with Crippen molar-refractivity contribution in [1.82, 2.24) is 5.09 Å². The van der Waals surface area contributed by atoms with Crippen LogP contribution in [0, 0.1) is 0 Å². The molecule has 2 radical (unpaired) electrons. The van der Waals surface area contributed by atoms with E-state index in [2.05, 4.69) is 5.09 Å². The summed E-state index contributed by atoms with van der Waals surface area (Å²) in [5.74, 6) is 0. The predicted octanol–water partition coefficient (Wildman–Crippen LogP) is -0.478. The van der Waals surface area contributed by atoms with E-state index < -0.39 is 25.5 Å². The van der Waals surface area contributed by atoms with Crippen LogP contribution in [0.1, 0.15) is 20.3 Å². The minimum atomic E-state index is -3.96. The van der Waals surface area contributed by atoms with Crippen LogP contribution in [-0.4, -0.2) is 44.8 Å². The quantitative estimate of drug-likeness (QED) is 0.545. The Morgan fingerprint density at radius 3 is 3.06 bits per heavy atom. The summed E-state index contributed by atoms with van der Waals surface area (Å²) in [4.78, 5) is 11.3. The first-order valence-electron chi connectivity index (χ1n) is 5.63. The van der Waals surface area contributed by atoms with Gasteiger partial charge < -0.3 is 18.9 Å². The van der Waals surface area contributed by atoms with E-state index in [-0.39, 0.29) is 19.3 Å². The summed E-state index contributed by atoms with van der Waals surface area (Å²) in [6.45, 7) is 4.20. The third-order valence-corrected chi connectivity index (χ3v) is 4.00.